The molecule has 0 fully saturated rings. The number of carboxylic acid groups (broad SMARTS) is 1. The van der Waals surface area contributed by atoms with Crippen molar-refractivity contribution in [3.8, 4) is 0 Å². The quantitative estimate of drug-likeness (QED) is 0.229. The third kappa shape index (κ3) is 27.3. The van der Waals surface area contributed by atoms with E-state index in [1.807, 2.05) is 0 Å². The van der Waals surface area contributed by atoms with Gasteiger partial charge < -0.3 is 20.5 Å². The first-order valence-electron chi connectivity index (χ1n) is 9.43. The number of unbranched alkanes of at least 4 members (excludes halogenated alkanes) is 2. The molecule has 0 unspecified atom stereocenters. The molecule has 0 aliphatic carbocycles. The summed E-state index contributed by atoms with van der Waals surface area (Å²) >= 11 is 0. The minimum Gasteiger partial charge on any atom is -0.478 e. The number of hydrogen-bond acceptors (Lipinski definition) is 5. The summed E-state index contributed by atoms with van der Waals surface area (Å²) in [7, 11) is 0. The summed E-state index contributed by atoms with van der Waals surface area (Å²) in [6.45, 7) is 6.98. The summed E-state index contributed by atoms with van der Waals surface area (Å²) in [6, 6.07) is 0. The second-order valence-corrected chi connectivity index (χ2v) is 6.12. The fourth-order valence-electron chi connectivity index (χ4n) is 1.86. The van der Waals surface area contributed by atoms with Crippen LogP contribution < -0.4 is 10.6 Å². The number of carbonyl (C=O) groups is 5. The molecule has 0 aromatic rings. The van der Waals surface area contributed by atoms with Crippen molar-refractivity contribution in [2.45, 2.75) is 52.4 Å². The monoisotopic (exact) mass is 408 g/mol. The Morgan fingerprint density at radius 2 is 1.38 bits per heavy atom. The van der Waals surface area contributed by atoms with Crippen LogP contribution in [-0.2, 0) is 24.0 Å². The van der Waals surface area contributed by atoms with E-state index in [9.17, 15) is 24.0 Å². The average molecular weight is 408 g/mol. The molecule has 0 atom stereocenters. The van der Waals surface area contributed by atoms with E-state index in [0.29, 0.717) is 32.4 Å². The number of aliphatic carboxylic acids is 1. The van der Waals surface area contributed by atoms with E-state index in [0.717, 1.165) is 25.3 Å². The Kier molecular flexibility index (Phi) is 19.2. The summed E-state index contributed by atoms with van der Waals surface area (Å²) in [5, 5.41) is 12.9. The number of amides is 2. The topological polar surface area (TPSA) is 130 Å². The molecule has 8 nitrogen and oxygen atoms in total. The molecule has 8 heteroatoms. The van der Waals surface area contributed by atoms with Crippen LogP contribution in [0.15, 0.2) is 37.0 Å². The standard InChI is InChI=1S/C18H28N2O4.C3H4O2/c1-15(21)9-4-3-5-10-17(23)11-6-7-12-18(24)20-14-8-13-19-16(2)22;1-2-3(4)5/h6-7,11-12H,3-5,8-10,13-14H2,1-2H3,(H,19,22)(H,20,24);2H,1H2,(H,4,5)/b11-6-,12-7-;. The number of carboxylic acids is 1. The Morgan fingerprint density at radius 1 is 0.828 bits per heavy atom. The first-order valence-corrected chi connectivity index (χ1v) is 9.43. The van der Waals surface area contributed by atoms with E-state index in [1.54, 1.807) is 13.0 Å². The van der Waals surface area contributed by atoms with E-state index in [2.05, 4.69) is 17.2 Å². The lowest BCUT2D eigenvalue weighted by Crippen LogP contribution is -2.27. The van der Waals surface area contributed by atoms with Crippen molar-refractivity contribution in [3.63, 3.8) is 0 Å². The maximum absolute atomic E-state index is 11.6. The number of allylic oxidation sites excluding steroid dienone is 3. The third-order valence-corrected chi connectivity index (χ3v) is 3.29. The lowest BCUT2D eigenvalue weighted by Gasteiger charge is -2.02. The van der Waals surface area contributed by atoms with Crippen LogP contribution in [0.3, 0.4) is 0 Å². The van der Waals surface area contributed by atoms with E-state index in [4.69, 9.17) is 5.11 Å². The van der Waals surface area contributed by atoms with Gasteiger partial charge in [0.15, 0.2) is 5.78 Å². The van der Waals surface area contributed by atoms with Crippen LogP contribution in [0, 0.1) is 0 Å². The Balaban J connectivity index is 0. The average Bonchev–Trinajstić information content (AvgIpc) is 2.64. The van der Waals surface area contributed by atoms with Gasteiger partial charge >= 0.3 is 5.97 Å². The summed E-state index contributed by atoms with van der Waals surface area (Å²) in [4.78, 5) is 53.7. The molecule has 3 N–H and O–H groups in total. The molecule has 29 heavy (non-hydrogen) atoms. The molecule has 0 spiro atoms. The minimum absolute atomic E-state index is 0.0122. The van der Waals surface area contributed by atoms with E-state index in [-0.39, 0.29) is 23.4 Å². The largest absolute Gasteiger partial charge is 0.478 e. The van der Waals surface area contributed by atoms with Crippen LogP contribution in [-0.4, -0.2) is 47.5 Å². The number of carbonyl (C=O) groups excluding carboxylic acids is 4. The zero-order chi connectivity index (χ0) is 22.5. The van der Waals surface area contributed by atoms with Crippen LogP contribution >= 0.6 is 0 Å². The van der Waals surface area contributed by atoms with Crippen LogP contribution in [0.2, 0.25) is 0 Å². The molecule has 0 aromatic carbocycles. The van der Waals surface area contributed by atoms with Crippen molar-refractivity contribution in [1.29, 1.82) is 0 Å². The van der Waals surface area contributed by atoms with E-state index < -0.39 is 5.97 Å². The number of hydrogen-bond donors (Lipinski definition) is 3. The zero-order valence-electron chi connectivity index (χ0n) is 17.2. The van der Waals surface area contributed by atoms with Crippen molar-refractivity contribution in [1.82, 2.24) is 10.6 Å². The summed E-state index contributed by atoms with van der Waals surface area (Å²) in [5.74, 6) is -1.11. The van der Waals surface area contributed by atoms with Crippen molar-refractivity contribution in [2.75, 3.05) is 13.1 Å². The van der Waals surface area contributed by atoms with Crippen LogP contribution in [0.4, 0.5) is 0 Å². The van der Waals surface area contributed by atoms with Crippen molar-refractivity contribution in [3.05, 3.63) is 37.0 Å². The Labute approximate surface area is 172 Å². The Bertz CT molecular complexity index is 564. The second-order valence-electron chi connectivity index (χ2n) is 6.12. The highest BCUT2D eigenvalue weighted by molar-refractivity contribution is 5.91. The lowest BCUT2D eigenvalue weighted by atomic mass is 10.1. The van der Waals surface area contributed by atoms with Gasteiger partial charge in [-0.15, -0.1) is 0 Å². The molecule has 0 aliphatic rings. The minimum atomic E-state index is -0.981. The molecule has 0 aromatic heterocycles. The second kappa shape index (κ2) is 19.7. The van der Waals surface area contributed by atoms with Gasteiger partial charge in [-0.05, 0) is 32.3 Å². The lowest BCUT2D eigenvalue weighted by molar-refractivity contribution is -0.131. The van der Waals surface area contributed by atoms with Crippen molar-refractivity contribution < 1.29 is 29.1 Å². The molecular formula is C21H32N2O6. The highest BCUT2D eigenvalue weighted by Gasteiger charge is 1.98. The predicted octanol–water partition coefficient (Wildman–Crippen LogP) is 2.11. The van der Waals surface area contributed by atoms with E-state index >= 15 is 0 Å². The maximum Gasteiger partial charge on any atom is 0.327 e. The van der Waals surface area contributed by atoms with Gasteiger partial charge in [-0.3, -0.25) is 14.4 Å². The normalized spacial score (nSPS) is 10.1. The van der Waals surface area contributed by atoms with Gasteiger partial charge in [0, 0.05) is 45.0 Å². The van der Waals surface area contributed by atoms with Gasteiger partial charge in [-0.25, -0.2) is 4.79 Å². The summed E-state index contributed by atoms with van der Waals surface area (Å²) < 4.78 is 0. The highest BCUT2D eigenvalue weighted by Crippen LogP contribution is 2.04. The molecule has 0 aliphatic heterocycles. The fraction of sp³-hybridized carbons (Fsp3) is 0.476. The molecule has 0 saturated heterocycles. The Morgan fingerprint density at radius 3 is 1.93 bits per heavy atom. The van der Waals surface area contributed by atoms with Crippen LogP contribution in [0.1, 0.15) is 52.4 Å². The third-order valence-electron chi connectivity index (χ3n) is 3.29. The molecule has 2 amide bonds. The maximum atomic E-state index is 11.6. The summed E-state index contributed by atoms with van der Waals surface area (Å²) in [6.07, 6.45) is 10.9. The van der Waals surface area contributed by atoms with Crippen LogP contribution in [0.25, 0.3) is 0 Å². The molecular weight excluding hydrogens is 376 g/mol. The van der Waals surface area contributed by atoms with Gasteiger partial charge in [-0.1, -0.05) is 25.2 Å². The van der Waals surface area contributed by atoms with Gasteiger partial charge in [0.1, 0.15) is 5.78 Å². The van der Waals surface area contributed by atoms with Gasteiger partial charge in [0.2, 0.25) is 11.8 Å². The predicted molar refractivity (Wildman–Crippen MR) is 111 cm³/mol. The first-order chi connectivity index (χ1) is 13.7. The zero-order valence-corrected chi connectivity index (χ0v) is 17.2. The smallest absolute Gasteiger partial charge is 0.327 e. The van der Waals surface area contributed by atoms with Crippen molar-refractivity contribution in [2.24, 2.45) is 0 Å². The number of rotatable bonds is 14. The SMILES string of the molecule is C=CC(=O)O.CC(=O)CCCCCC(=O)/C=C\C=C/C(=O)NCCCNC(C)=O. The van der Waals surface area contributed by atoms with Gasteiger partial charge in [-0.2, -0.15) is 0 Å². The number of Topliss-reactive ketones (excluding diaryl/α,β-unsaturated/α-hetero) is 1. The molecule has 0 bridgehead atoms. The van der Waals surface area contributed by atoms with Crippen LogP contribution in [0.5, 0.6) is 0 Å². The highest BCUT2D eigenvalue weighted by atomic mass is 16.4. The number of ketones is 2. The van der Waals surface area contributed by atoms with Gasteiger partial charge in [0.25, 0.3) is 0 Å². The Hall–Kier alpha value is -3.03. The molecule has 0 saturated carbocycles. The molecule has 0 rings (SSSR count). The molecule has 162 valence electrons. The first kappa shape index (κ1) is 28.2. The number of nitrogens with one attached hydrogen (secondary N) is 2. The van der Waals surface area contributed by atoms with E-state index in [1.165, 1.54) is 25.2 Å². The fourth-order valence-corrected chi connectivity index (χ4v) is 1.86. The summed E-state index contributed by atoms with van der Waals surface area (Å²) in [5.41, 5.74) is 0. The molecule has 0 heterocycles. The van der Waals surface area contributed by atoms with Gasteiger partial charge in [0.05, 0.1) is 0 Å². The molecule has 0 radical (unpaired) electrons. The van der Waals surface area contributed by atoms with Crippen molar-refractivity contribution >= 4 is 29.4 Å².